The molecule has 2 rings (SSSR count). The highest BCUT2D eigenvalue weighted by molar-refractivity contribution is 5.79. The topological polar surface area (TPSA) is 55.6 Å². The highest BCUT2D eigenvalue weighted by Gasteiger charge is 2.31. The molecule has 0 aromatic heterocycles. The fourth-order valence-electron chi connectivity index (χ4n) is 2.66. The molecule has 0 unspecified atom stereocenters. The second kappa shape index (κ2) is 5.15. The first-order chi connectivity index (χ1) is 7.68. The Morgan fingerprint density at radius 2 is 2.00 bits per heavy atom. The minimum absolute atomic E-state index is 0.209. The Morgan fingerprint density at radius 3 is 2.62 bits per heavy atom. The normalized spacial score (nSPS) is 36.1. The molecule has 1 atom stereocenters. The maximum Gasteiger partial charge on any atom is 0.226 e. The van der Waals surface area contributed by atoms with Crippen LogP contribution in [0.15, 0.2) is 0 Å². The van der Waals surface area contributed by atoms with Gasteiger partial charge >= 0.3 is 0 Å². The lowest BCUT2D eigenvalue weighted by molar-refractivity contribution is -0.144. The number of carbonyl (C=O) groups is 1. The summed E-state index contributed by atoms with van der Waals surface area (Å²) in [7, 11) is 0. The van der Waals surface area contributed by atoms with Crippen molar-refractivity contribution < 1.29 is 9.53 Å². The van der Waals surface area contributed by atoms with Crippen molar-refractivity contribution in [2.75, 3.05) is 19.8 Å². The molecule has 1 amide bonds. The van der Waals surface area contributed by atoms with E-state index in [2.05, 4.69) is 6.92 Å². The predicted octanol–water partition coefficient (Wildman–Crippen LogP) is 0.751. The van der Waals surface area contributed by atoms with Crippen LogP contribution in [0.25, 0.3) is 0 Å². The largest absolute Gasteiger partial charge is 0.377 e. The van der Waals surface area contributed by atoms with Crippen molar-refractivity contribution in [1.82, 2.24) is 4.90 Å². The van der Waals surface area contributed by atoms with E-state index in [0.717, 1.165) is 32.2 Å². The van der Waals surface area contributed by atoms with E-state index in [9.17, 15) is 4.79 Å². The standard InChI is InChI=1S/C12H22N2O2/c1-9-8-16-7-6-14(9)12(15)10-2-4-11(13)5-3-10/h9-11H,2-8,13H2,1H3/t9-,10?,11?/m1/s1. The molecule has 0 radical (unpaired) electrons. The lowest BCUT2D eigenvalue weighted by atomic mass is 9.85. The van der Waals surface area contributed by atoms with Crippen molar-refractivity contribution >= 4 is 5.91 Å². The minimum atomic E-state index is 0.209. The highest BCUT2D eigenvalue weighted by atomic mass is 16.5. The molecule has 92 valence electrons. The number of hydrogen-bond donors (Lipinski definition) is 1. The number of amides is 1. The third-order valence-electron chi connectivity index (χ3n) is 3.77. The van der Waals surface area contributed by atoms with Crippen molar-refractivity contribution in [3.05, 3.63) is 0 Å². The van der Waals surface area contributed by atoms with Crippen LogP contribution in [0.1, 0.15) is 32.6 Å². The van der Waals surface area contributed by atoms with Crippen LogP contribution in [-0.4, -0.2) is 42.6 Å². The summed E-state index contributed by atoms with van der Waals surface area (Å²) in [6.45, 7) is 4.18. The van der Waals surface area contributed by atoms with Crippen molar-refractivity contribution in [1.29, 1.82) is 0 Å². The summed E-state index contributed by atoms with van der Waals surface area (Å²) in [5, 5.41) is 0. The summed E-state index contributed by atoms with van der Waals surface area (Å²) >= 11 is 0. The maximum absolute atomic E-state index is 12.3. The minimum Gasteiger partial charge on any atom is -0.377 e. The fourth-order valence-corrected chi connectivity index (χ4v) is 2.66. The van der Waals surface area contributed by atoms with Crippen LogP contribution in [0.2, 0.25) is 0 Å². The molecule has 0 spiro atoms. The maximum atomic E-state index is 12.3. The molecule has 2 N–H and O–H groups in total. The van der Waals surface area contributed by atoms with E-state index in [1.165, 1.54) is 0 Å². The lowest BCUT2D eigenvalue weighted by Gasteiger charge is -2.37. The van der Waals surface area contributed by atoms with Gasteiger partial charge in [-0.2, -0.15) is 0 Å². The van der Waals surface area contributed by atoms with Gasteiger partial charge in [-0.05, 0) is 32.6 Å². The van der Waals surface area contributed by atoms with Gasteiger partial charge in [0.25, 0.3) is 0 Å². The molecular formula is C12H22N2O2. The van der Waals surface area contributed by atoms with Crippen LogP contribution in [-0.2, 0) is 9.53 Å². The summed E-state index contributed by atoms with van der Waals surface area (Å²) in [4.78, 5) is 14.3. The van der Waals surface area contributed by atoms with Crippen LogP contribution in [0, 0.1) is 5.92 Å². The second-order valence-electron chi connectivity index (χ2n) is 5.07. The third-order valence-corrected chi connectivity index (χ3v) is 3.77. The first-order valence-electron chi connectivity index (χ1n) is 6.32. The summed E-state index contributed by atoms with van der Waals surface area (Å²) in [5.41, 5.74) is 5.86. The van der Waals surface area contributed by atoms with Gasteiger partial charge in [-0.1, -0.05) is 0 Å². The monoisotopic (exact) mass is 226 g/mol. The highest BCUT2D eigenvalue weighted by Crippen LogP contribution is 2.26. The van der Waals surface area contributed by atoms with Gasteiger partial charge in [-0.25, -0.2) is 0 Å². The Labute approximate surface area is 97.1 Å². The Bertz CT molecular complexity index is 249. The van der Waals surface area contributed by atoms with E-state index in [0.29, 0.717) is 25.2 Å². The van der Waals surface area contributed by atoms with Crippen LogP contribution >= 0.6 is 0 Å². The lowest BCUT2D eigenvalue weighted by Crippen LogP contribution is -2.50. The van der Waals surface area contributed by atoms with Gasteiger partial charge in [0, 0.05) is 18.5 Å². The fraction of sp³-hybridized carbons (Fsp3) is 0.917. The summed E-state index contributed by atoms with van der Waals surface area (Å²) in [6, 6.07) is 0.544. The number of morpholine rings is 1. The quantitative estimate of drug-likeness (QED) is 0.718. The third kappa shape index (κ3) is 2.55. The van der Waals surface area contributed by atoms with Crippen LogP contribution in [0.4, 0.5) is 0 Å². The molecule has 1 heterocycles. The number of nitrogens with two attached hydrogens (primary N) is 1. The van der Waals surface area contributed by atoms with E-state index in [4.69, 9.17) is 10.5 Å². The van der Waals surface area contributed by atoms with E-state index >= 15 is 0 Å². The van der Waals surface area contributed by atoms with Gasteiger partial charge in [0.1, 0.15) is 0 Å². The molecule has 4 nitrogen and oxygen atoms in total. The molecule has 1 aliphatic carbocycles. The van der Waals surface area contributed by atoms with Crippen molar-refractivity contribution in [2.45, 2.75) is 44.7 Å². The number of hydrogen-bond acceptors (Lipinski definition) is 3. The summed E-state index contributed by atoms with van der Waals surface area (Å²) in [5.74, 6) is 0.531. The van der Waals surface area contributed by atoms with E-state index in [1.54, 1.807) is 0 Å². The molecule has 0 aromatic rings. The molecular weight excluding hydrogens is 204 g/mol. The van der Waals surface area contributed by atoms with Crippen molar-refractivity contribution in [3.8, 4) is 0 Å². The second-order valence-corrected chi connectivity index (χ2v) is 5.07. The first-order valence-corrected chi connectivity index (χ1v) is 6.32. The molecule has 16 heavy (non-hydrogen) atoms. The predicted molar refractivity (Wildman–Crippen MR) is 61.9 cm³/mol. The van der Waals surface area contributed by atoms with Crippen LogP contribution in [0.5, 0.6) is 0 Å². The number of nitrogens with zero attached hydrogens (tertiary/aromatic N) is 1. The average molecular weight is 226 g/mol. The Balaban J connectivity index is 1.90. The van der Waals surface area contributed by atoms with Crippen LogP contribution in [0.3, 0.4) is 0 Å². The Morgan fingerprint density at radius 1 is 1.31 bits per heavy atom. The molecule has 2 fully saturated rings. The van der Waals surface area contributed by atoms with Gasteiger partial charge in [0.2, 0.25) is 5.91 Å². The molecule has 2 aliphatic rings. The molecule has 1 aliphatic heterocycles. The van der Waals surface area contributed by atoms with E-state index in [1.807, 2.05) is 4.90 Å². The SMILES string of the molecule is C[C@@H]1COCCN1C(=O)C1CCC(N)CC1. The van der Waals surface area contributed by atoms with Gasteiger partial charge in [-0.3, -0.25) is 4.79 Å². The smallest absolute Gasteiger partial charge is 0.226 e. The molecule has 4 heteroatoms. The molecule has 1 saturated carbocycles. The van der Waals surface area contributed by atoms with Gasteiger partial charge < -0.3 is 15.4 Å². The molecule has 0 aromatic carbocycles. The Kier molecular flexibility index (Phi) is 3.82. The van der Waals surface area contributed by atoms with Gasteiger partial charge in [-0.15, -0.1) is 0 Å². The molecule has 1 saturated heterocycles. The zero-order valence-electron chi connectivity index (χ0n) is 10.0. The summed E-state index contributed by atoms with van der Waals surface area (Å²) < 4.78 is 5.35. The van der Waals surface area contributed by atoms with Crippen molar-refractivity contribution in [3.63, 3.8) is 0 Å². The number of rotatable bonds is 1. The van der Waals surface area contributed by atoms with Gasteiger partial charge in [0.05, 0.1) is 19.3 Å². The van der Waals surface area contributed by atoms with E-state index < -0.39 is 0 Å². The van der Waals surface area contributed by atoms with Crippen molar-refractivity contribution in [2.24, 2.45) is 11.7 Å². The summed E-state index contributed by atoms with van der Waals surface area (Å²) in [6.07, 6.45) is 3.92. The number of ether oxygens (including phenoxy) is 1. The number of carbonyl (C=O) groups excluding carboxylic acids is 1. The molecule has 0 bridgehead atoms. The Hall–Kier alpha value is -0.610. The first kappa shape index (κ1) is 11.9. The van der Waals surface area contributed by atoms with Gasteiger partial charge in [0.15, 0.2) is 0 Å². The van der Waals surface area contributed by atoms with E-state index in [-0.39, 0.29) is 12.0 Å². The zero-order valence-corrected chi connectivity index (χ0v) is 10.0. The van der Waals surface area contributed by atoms with Crippen LogP contribution < -0.4 is 5.73 Å². The zero-order chi connectivity index (χ0) is 11.5. The average Bonchev–Trinajstić information content (AvgIpc) is 2.30.